The number of benzene rings is 1. The van der Waals surface area contributed by atoms with E-state index in [2.05, 4.69) is 4.72 Å². The maximum Gasteiger partial charge on any atom is 0.242 e. The minimum Gasteiger partial charge on any atom is -0.399 e. The molecule has 1 heterocycles. The van der Waals surface area contributed by atoms with Crippen LogP contribution in [0.15, 0.2) is 29.2 Å². The van der Waals surface area contributed by atoms with Crippen molar-refractivity contribution in [3.63, 3.8) is 0 Å². The number of halogens is 1. The van der Waals surface area contributed by atoms with Crippen LogP contribution in [0.1, 0.15) is 28.3 Å². The highest BCUT2D eigenvalue weighted by Crippen LogP contribution is 2.29. The van der Waals surface area contributed by atoms with E-state index >= 15 is 0 Å². The quantitative estimate of drug-likeness (QED) is 0.832. The van der Waals surface area contributed by atoms with Gasteiger partial charge in [-0.05, 0) is 50.6 Å². The number of nitrogens with one attached hydrogen (secondary N) is 1. The fraction of sp³-hybridized carbons (Fsp3) is 0.286. The maximum atomic E-state index is 12.5. The Bertz CT molecular complexity index is 769. The van der Waals surface area contributed by atoms with Crippen molar-refractivity contribution < 1.29 is 8.42 Å². The Morgan fingerprint density at radius 1 is 1.29 bits per heavy atom. The molecular formula is C14H17ClN2O2S2. The summed E-state index contributed by atoms with van der Waals surface area (Å²) in [5.74, 6) is 0. The maximum absolute atomic E-state index is 12.5. The SMILES string of the molecule is Cc1cc(C(C)NS(=O)(=O)c2cc(N)ccc2Cl)c(C)s1. The van der Waals surface area contributed by atoms with Crippen LogP contribution in [0.3, 0.4) is 0 Å². The molecule has 1 aromatic carbocycles. The lowest BCUT2D eigenvalue weighted by molar-refractivity contribution is 0.567. The number of anilines is 1. The first kappa shape index (κ1) is 16.3. The van der Waals surface area contributed by atoms with Crippen LogP contribution in [0.5, 0.6) is 0 Å². The first-order chi connectivity index (χ1) is 9.70. The predicted octanol–water partition coefficient (Wildman–Crippen LogP) is 3.64. The molecule has 7 heteroatoms. The van der Waals surface area contributed by atoms with E-state index in [1.807, 2.05) is 26.8 Å². The van der Waals surface area contributed by atoms with Crippen LogP contribution in [0.2, 0.25) is 5.02 Å². The molecule has 0 aliphatic rings. The molecule has 0 bridgehead atoms. The first-order valence-electron chi connectivity index (χ1n) is 6.35. The van der Waals surface area contributed by atoms with Crippen molar-refractivity contribution in [2.45, 2.75) is 31.7 Å². The zero-order chi connectivity index (χ0) is 15.8. The molecule has 1 atom stereocenters. The molecule has 4 nitrogen and oxygen atoms in total. The van der Waals surface area contributed by atoms with Gasteiger partial charge in [-0.1, -0.05) is 11.6 Å². The molecule has 0 aliphatic carbocycles. The Morgan fingerprint density at radius 3 is 2.52 bits per heavy atom. The van der Waals surface area contributed by atoms with E-state index in [0.717, 1.165) is 15.3 Å². The average Bonchev–Trinajstić information content (AvgIpc) is 2.71. The van der Waals surface area contributed by atoms with Gasteiger partial charge in [0.15, 0.2) is 0 Å². The summed E-state index contributed by atoms with van der Waals surface area (Å²) in [6, 6.07) is 6.07. The molecule has 0 radical (unpaired) electrons. The number of hydrogen-bond donors (Lipinski definition) is 2. The Kier molecular flexibility index (Phi) is 4.63. The third-order valence-corrected chi connectivity index (χ3v) is 6.13. The summed E-state index contributed by atoms with van der Waals surface area (Å²) < 4.78 is 27.6. The standard InChI is InChI=1S/C14H17ClN2O2S2/c1-8-6-12(10(3)20-8)9(2)17-21(18,19)14-7-11(16)4-5-13(14)15/h4-7,9,17H,16H2,1-3H3. The van der Waals surface area contributed by atoms with Gasteiger partial charge in [0.2, 0.25) is 10.0 Å². The number of hydrogen-bond acceptors (Lipinski definition) is 4. The van der Waals surface area contributed by atoms with Crippen LogP contribution >= 0.6 is 22.9 Å². The zero-order valence-electron chi connectivity index (χ0n) is 12.0. The van der Waals surface area contributed by atoms with E-state index in [1.165, 1.54) is 12.1 Å². The van der Waals surface area contributed by atoms with Crippen molar-refractivity contribution in [3.8, 4) is 0 Å². The molecular weight excluding hydrogens is 328 g/mol. The minimum absolute atomic E-state index is 0.000575. The zero-order valence-corrected chi connectivity index (χ0v) is 14.4. The Morgan fingerprint density at radius 2 is 1.95 bits per heavy atom. The molecule has 2 rings (SSSR count). The summed E-state index contributed by atoms with van der Waals surface area (Å²) in [7, 11) is -3.73. The minimum atomic E-state index is -3.73. The Labute approximate surface area is 134 Å². The van der Waals surface area contributed by atoms with Crippen LogP contribution in [0.25, 0.3) is 0 Å². The number of aryl methyl sites for hydroxylation is 2. The summed E-state index contributed by atoms with van der Waals surface area (Å²) in [5, 5.41) is 0.155. The van der Waals surface area contributed by atoms with Gasteiger partial charge in [-0.3, -0.25) is 0 Å². The smallest absolute Gasteiger partial charge is 0.242 e. The fourth-order valence-electron chi connectivity index (χ4n) is 2.17. The van der Waals surface area contributed by atoms with Crippen LogP contribution < -0.4 is 10.5 Å². The summed E-state index contributed by atoms with van der Waals surface area (Å²) in [5.41, 5.74) is 6.97. The molecule has 3 N–H and O–H groups in total. The van der Waals surface area contributed by atoms with Crippen molar-refractivity contribution in [2.24, 2.45) is 0 Å². The van der Waals surface area contributed by atoms with Crippen LogP contribution in [0.4, 0.5) is 5.69 Å². The summed E-state index contributed by atoms with van der Waals surface area (Å²) in [4.78, 5) is 2.25. The third-order valence-electron chi connectivity index (χ3n) is 3.12. The van der Waals surface area contributed by atoms with Gasteiger partial charge in [0.05, 0.1) is 5.02 Å². The number of rotatable bonds is 4. The molecule has 0 saturated carbocycles. The molecule has 2 aromatic rings. The molecule has 1 unspecified atom stereocenters. The molecule has 21 heavy (non-hydrogen) atoms. The summed E-state index contributed by atoms with van der Waals surface area (Å²) >= 11 is 7.62. The van der Waals surface area contributed by atoms with Gasteiger partial charge in [0.25, 0.3) is 0 Å². The molecule has 0 fully saturated rings. The van der Waals surface area contributed by atoms with Gasteiger partial charge in [-0.25, -0.2) is 13.1 Å². The van der Waals surface area contributed by atoms with Gasteiger partial charge in [0.1, 0.15) is 4.90 Å². The molecule has 1 aromatic heterocycles. The van der Waals surface area contributed by atoms with E-state index in [0.29, 0.717) is 5.69 Å². The van der Waals surface area contributed by atoms with E-state index in [9.17, 15) is 8.42 Å². The van der Waals surface area contributed by atoms with Crippen molar-refractivity contribution in [3.05, 3.63) is 44.6 Å². The van der Waals surface area contributed by atoms with Crippen LogP contribution in [-0.2, 0) is 10.0 Å². The van der Waals surface area contributed by atoms with Gasteiger partial charge < -0.3 is 5.73 Å². The Hall–Kier alpha value is -1.08. The van der Waals surface area contributed by atoms with Crippen LogP contribution in [-0.4, -0.2) is 8.42 Å². The lowest BCUT2D eigenvalue weighted by Crippen LogP contribution is -2.27. The van der Waals surface area contributed by atoms with E-state index in [1.54, 1.807) is 17.4 Å². The number of nitrogen functional groups attached to an aromatic ring is 1. The van der Waals surface area contributed by atoms with E-state index in [4.69, 9.17) is 17.3 Å². The second-order valence-corrected chi connectivity index (χ2v) is 8.45. The summed E-state index contributed by atoms with van der Waals surface area (Å²) in [6.07, 6.45) is 0. The third kappa shape index (κ3) is 3.58. The van der Waals surface area contributed by atoms with Crippen molar-refractivity contribution in [1.29, 1.82) is 0 Å². The highest BCUT2D eigenvalue weighted by Gasteiger charge is 2.22. The number of sulfonamides is 1. The topological polar surface area (TPSA) is 72.2 Å². The van der Waals surface area contributed by atoms with Gasteiger partial charge in [-0.15, -0.1) is 11.3 Å². The highest BCUT2D eigenvalue weighted by molar-refractivity contribution is 7.89. The van der Waals surface area contributed by atoms with E-state index in [-0.39, 0.29) is 16.0 Å². The lowest BCUT2D eigenvalue weighted by atomic mass is 10.1. The first-order valence-corrected chi connectivity index (χ1v) is 9.03. The lowest BCUT2D eigenvalue weighted by Gasteiger charge is -2.15. The largest absolute Gasteiger partial charge is 0.399 e. The molecule has 0 saturated heterocycles. The monoisotopic (exact) mass is 344 g/mol. The second-order valence-electron chi connectivity index (χ2n) is 4.90. The van der Waals surface area contributed by atoms with Gasteiger partial charge in [0, 0.05) is 21.5 Å². The van der Waals surface area contributed by atoms with Crippen molar-refractivity contribution in [1.82, 2.24) is 4.72 Å². The number of nitrogens with two attached hydrogens (primary N) is 1. The van der Waals surface area contributed by atoms with E-state index < -0.39 is 10.0 Å². The van der Waals surface area contributed by atoms with Crippen molar-refractivity contribution in [2.75, 3.05) is 5.73 Å². The average molecular weight is 345 g/mol. The van der Waals surface area contributed by atoms with Gasteiger partial charge in [-0.2, -0.15) is 0 Å². The Balaban J connectivity index is 2.33. The predicted molar refractivity (Wildman–Crippen MR) is 88.4 cm³/mol. The fourth-order valence-corrected chi connectivity index (χ4v) is 4.95. The molecule has 0 aliphatic heterocycles. The molecule has 114 valence electrons. The second kappa shape index (κ2) is 5.96. The van der Waals surface area contributed by atoms with Crippen LogP contribution in [0, 0.1) is 13.8 Å². The number of thiophene rings is 1. The van der Waals surface area contributed by atoms with Crippen molar-refractivity contribution >= 4 is 38.6 Å². The van der Waals surface area contributed by atoms with Gasteiger partial charge >= 0.3 is 0 Å². The molecule has 0 spiro atoms. The summed E-state index contributed by atoms with van der Waals surface area (Å²) in [6.45, 7) is 5.79. The normalized spacial score (nSPS) is 13.3. The molecule has 0 amide bonds. The highest BCUT2D eigenvalue weighted by atomic mass is 35.5.